The lowest BCUT2D eigenvalue weighted by Crippen LogP contribution is -2.05. The molecule has 0 spiro atoms. The Bertz CT molecular complexity index is 498. The van der Waals surface area contributed by atoms with Crippen molar-refractivity contribution < 1.29 is 8.91 Å². The molecule has 84 valence electrons. The van der Waals surface area contributed by atoms with Gasteiger partial charge in [0.25, 0.3) is 0 Å². The van der Waals surface area contributed by atoms with Gasteiger partial charge in [0.1, 0.15) is 6.33 Å². The molecule has 0 unspecified atom stereocenters. The smallest absolute Gasteiger partial charge is 0.245 e. The van der Waals surface area contributed by atoms with Crippen molar-refractivity contribution in [2.24, 2.45) is 0 Å². The first-order chi connectivity index (χ1) is 7.66. The molecule has 2 heterocycles. The maximum absolute atomic E-state index is 13.5. The number of aromatic nitrogens is 4. The highest BCUT2D eigenvalue weighted by Crippen LogP contribution is 2.12. The second kappa shape index (κ2) is 4.21. The summed E-state index contributed by atoms with van der Waals surface area (Å²) in [5, 5.41) is 6.38. The summed E-state index contributed by atoms with van der Waals surface area (Å²) in [4.78, 5) is 11.5. The van der Waals surface area contributed by atoms with Crippen molar-refractivity contribution in [1.82, 2.24) is 20.1 Å². The van der Waals surface area contributed by atoms with E-state index in [1.165, 1.54) is 6.33 Å². The molecule has 0 atom stereocenters. The quantitative estimate of drug-likeness (QED) is 0.843. The summed E-state index contributed by atoms with van der Waals surface area (Å²) in [5.74, 6) is 0.575. The van der Waals surface area contributed by atoms with Crippen LogP contribution in [0.4, 0.5) is 10.2 Å². The molecule has 2 aromatic heterocycles. The Labute approximate surface area is 90.9 Å². The van der Waals surface area contributed by atoms with Crippen molar-refractivity contribution in [3.63, 3.8) is 0 Å². The zero-order valence-electron chi connectivity index (χ0n) is 8.86. The Kier molecular flexibility index (Phi) is 2.76. The summed E-state index contributed by atoms with van der Waals surface area (Å²) >= 11 is 0. The third kappa shape index (κ3) is 2.13. The fourth-order valence-electron chi connectivity index (χ4n) is 1.15. The molecule has 1 N–H and O–H groups in total. The molecule has 6 nitrogen and oxygen atoms in total. The number of halogens is 1. The second-order valence-electron chi connectivity index (χ2n) is 3.21. The van der Waals surface area contributed by atoms with Gasteiger partial charge in [0.2, 0.25) is 5.89 Å². The van der Waals surface area contributed by atoms with Gasteiger partial charge in [-0.1, -0.05) is 5.16 Å². The highest BCUT2D eigenvalue weighted by molar-refractivity contribution is 5.36. The van der Waals surface area contributed by atoms with E-state index in [0.717, 1.165) is 0 Å². The van der Waals surface area contributed by atoms with Crippen LogP contribution in [0.15, 0.2) is 10.9 Å². The van der Waals surface area contributed by atoms with E-state index in [0.29, 0.717) is 17.4 Å². The van der Waals surface area contributed by atoms with Gasteiger partial charge in [0, 0.05) is 0 Å². The van der Waals surface area contributed by atoms with E-state index >= 15 is 0 Å². The van der Waals surface area contributed by atoms with Crippen LogP contribution in [0, 0.1) is 19.7 Å². The van der Waals surface area contributed by atoms with E-state index < -0.39 is 5.82 Å². The molecule has 0 aliphatic rings. The van der Waals surface area contributed by atoms with Gasteiger partial charge in [-0.15, -0.1) is 0 Å². The number of aryl methyl sites for hydroxylation is 2. The summed E-state index contributed by atoms with van der Waals surface area (Å²) in [6, 6.07) is 0. The number of anilines is 1. The molecule has 16 heavy (non-hydrogen) atoms. The molecule has 0 bridgehead atoms. The van der Waals surface area contributed by atoms with E-state index in [-0.39, 0.29) is 12.4 Å². The summed E-state index contributed by atoms with van der Waals surface area (Å²) in [5.41, 5.74) is 0.291. The van der Waals surface area contributed by atoms with E-state index in [1.807, 2.05) is 0 Å². The van der Waals surface area contributed by atoms with Crippen LogP contribution in [0.1, 0.15) is 17.4 Å². The van der Waals surface area contributed by atoms with Gasteiger partial charge in [-0.2, -0.15) is 4.98 Å². The van der Waals surface area contributed by atoms with Crippen LogP contribution in [0.5, 0.6) is 0 Å². The standard InChI is InChI=1S/C9H10FN5O/c1-5-8(10)9(13-4-12-5)11-3-7-14-6(2)15-16-7/h4H,3H2,1-2H3,(H,11,12,13). The largest absolute Gasteiger partial charge is 0.358 e. The summed E-state index contributed by atoms with van der Waals surface area (Å²) < 4.78 is 18.3. The molecular weight excluding hydrogens is 213 g/mol. The monoisotopic (exact) mass is 223 g/mol. The van der Waals surface area contributed by atoms with Crippen molar-refractivity contribution >= 4 is 5.82 Å². The molecule has 0 aliphatic carbocycles. The molecule has 2 rings (SSSR count). The van der Waals surface area contributed by atoms with E-state index in [1.54, 1.807) is 13.8 Å². The molecule has 0 amide bonds. The highest BCUT2D eigenvalue weighted by Gasteiger charge is 2.08. The Balaban J connectivity index is 2.07. The molecule has 0 saturated carbocycles. The van der Waals surface area contributed by atoms with Crippen molar-refractivity contribution in [2.45, 2.75) is 20.4 Å². The highest BCUT2D eigenvalue weighted by atomic mass is 19.1. The van der Waals surface area contributed by atoms with E-state index in [4.69, 9.17) is 4.52 Å². The number of rotatable bonds is 3. The Hall–Kier alpha value is -2.05. The summed E-state index contributed by atoms with van der Waals surface area (Å²) in [6.45, 7) is 3.51. The number of nitrogens with zero attached hydrogens (tertiary/aromatic N) is 4. The zero-order chi connectivity index (χ0) is 11.5. The molecule has 2 aromatic rings. The minimum atomic E-state index is -0.473. The predicted molar refractivity (Wildman–Crippen MR) is 53.1 cm³/mol. The fraction of sp³-hybridized carbons (Fsp3) is 0.333. The zero-order valence-corrected chi connectivity index (χ0v) is 8.86. The lowest BCUT2D eigenvalue weighted by Gasteiger charge is -2.04. The average molecular weight is 223 g/mol. The molecule has 0 saturated heterocycles. The minimum absolute atomic E-state index is 0.128. The van der Waals surface area contributed by atoms with Crippen LogP contribution in [0.3, 0.4) is 0 Å². The lowest BCUT2D eigenvalue weighted by atomic mass is 10.4. The van der Waals surface area contributed by atoms with Gasteiger partial charge in [-0.3, -0.25) is 0 Å². The van der Waals surface area contributed by atoms with Gasteiger partial charge >= 0.3 is 0 Å². The van der Waals surface area contributed by atoms with Gasteiger partial charge in [0.15, 0.2) is 17.5 Å². The molecular formula is C9H10FN5O. The predicted octanol–water partition coefficient (Wildman–Crippen LogP) is 1.23. The molecule has 0 aliphatic heterocycles. The molecule has 7 heteroatoms. The third-order valence-corrected chi connectivity index (χ3v) is 1.94. The van der Waals surface area contributed by atoms with Crippen LogP contribution in [0.25, 0.3) is 0 Å². The van der Waals surface area contributed by atoms with Crippen LogP contribution in [-0.2, 0) is 6.54 Å². The van der Waals surface area contributed by atoms with Crippen molar-refractivity contribution in [1.29, 1.82) is 0 Å². The summed E-state index contributed by atoms with van der Waals surface area (Å²) in [7, 11) is 0. The van der Waals surface area contributed by atoms with Crippen molar-refractivity contribution in [2.75, 3.05) is 5.32 Å². The Morgan fingerprint density at radius 1 is 1.38 bits per heavy atom. The van der Waals surface area contributed by atoms with Crippen LogP contribution < -0.4 is 5.32 Å². The maximum atomic E-state index is 13.5. The first kappa shape index (κ1) is 10.5. The lowest BCUT2D eigenvalue weighted by molar-refractivity contribution is 0.379. The average Bonchev–Trinajstić information content (AvgIpc) is 2.67. The summed E-state index contributed by atoms with van der Waals surface area (Å²) in [6.07, 6.45) is 1.29. The van der Waals surface area contributed by atoms with Crippen LogP contribution in [-0.4, -0.2) is 20.1 Å². The normalized spacial score (nSPS) is 10.4. The van der Waals surface area contributed by atoms with Crippen molar-refractivity contribution in [3.8, 4) is 0 Å². The molecule has 0 aromatic carbocycles. The number of nitrogens with one attached hydrogen (secondary N) is 1. The van der Waals surface area contributed by atoms with Crippen molar-refractivity contribution in [3.05, 3.63) is 29.6 Å². The first-order valence-corrected chi connectivity index (χ1v) is 4.67. The number of hydrogen-bond donors (Lipinski definition) is 1. The van der Waals surface area contributed by atoms with Gasteiger partial charge in [0.05, 0.1) is 12.2 Å². The number of hydrogen-bond acceptors (Lipinski definition) is 6. The van der Waals surface area contributed by atoms with E-state index in [2.05, 4.69) is 25.4 Å². The van der Waals surface area contributed by atoms with Gasteiger partial charge in [-0.25, -0.2) is 14.4 Å². The first-order valence-electron chi connectivity index (χ1n) is 4.67. The SMILES string of the molecule is Cc1noc(CNc2ncnc(C)c2F)n1. The fourth-order valence-corrected chi connectivity index (χ4v) is 1.15. The second-order valence-corrected chi connectivity index (χ2v) is 3.21. The third-order valence-electron chi connectivity index (χ3n) is 1.94. The Morgan fingerprint density at radius 3 is 2.88 bits per heavy atom. The maximum Gasteiger partial charge on any atom is 0.245 e. The molecule has 0 radical (unpaired) electrons. The van der Waals surface area contributed by atoms with Crippen LogP contribution >= 0.6 is 0 Å². The van der Waals surface area contributed by atoms with E-state index in [9.17, 15) is 4.39 Å². The van der Waals surface area contributed by atoms with Gasteiger partial charge < -0.3 is 9.84 Å². The minimum Gasteiger partial charge on any atom is -0.358 e. The topological polar surface area (TPSA) is 76.7 Å². The Morgan fingerprint density at radius 2 is 2.19 bits per heavy atom. The molecule has 0 fully saturated rings. The van der Waals surface area contributed by atoms with Crippen LogP contribution in [0.2, 0.25) is 0 Å². The van der Waals surface area contributed by atoms with Gasteiger partial charge in [-0.05, 0) is 13.8 Å².